The summed E-state index contributed by atoms with van der Waals surface area (Å²) in [6.07, 6.45) is 3.63. The zero-order valence-corrected chi connectivity index (χ0v) is 18.9. The van der Waals surface area contributed by atoms with Crippen LogP contribution in [-0.2, 0) is 10.0 Å². The summed E-state index contributed by atoms with van der Waals surface area (Å²) < 4.78 is 25.3. The highest BCUT2D eigenvalue weighted by Crippen LogP contribution is 2.25. The van der Waals surface area contributed by atoms with Crippen LogP contribution >= 0.6 is 0 Å². The van der Waals surface area contributed by atoms with Crippen molar-refractivity contribution in [3.05, 3.63) is 59.2 Å². The number of hydrogen-bond donors (Lipinski definition) is 2. The molecular weight excluding hydrogens is 398 g/mol. The molecule has 0 bridgehead atoms. The first kappa shape index (κ1) is 22.2. The van der Waals surface area contributed by atoms with Gasteiger partial charge in [0.15, 0.2) is 0 Å². The third kappa shape index (κ3) is 5.75. The molecule has 1 heterocycles. The van der Waals surface area contributed by atoms with Crippen LogP contribution in [0.5, 0.6) is 0 Å². The Morgan fingerprint density at radius 1 is 1.17 bits per heavy atom. The van der Waals surface area contributed by atoms with Gasteiger partial charge < -0.3 is 10.2 Å². The summed E-state index contributed by atoms with van der Waals surface area (Å²) in [4.78, 5) is 15.1. The summed E-state index contributed by atoms with van der Waals surface area (Å²) in [5, 5.41) is 3.02. The topological polar surface area (TPSA) is 78.5 Å². The third-order valence-electron chi connectivity index (χ3n) is 5.55. The molecule has 2 aromatic rings. The Labute approximate surface area is 179 Å². The van der Waals surface area contributed by atoms with E-state index in [2.05, 4.69) is 46.1 Å². The summed E-state index contributed by atoms with van der Waals surface area (Å²) >= 11 is 0. The van der Waals surface area contributed by atoms with Crippen LogP contribution in [0.15, 0.2) is 42.5 Å². The fourth-order valence-corrected chi connectivity index (χ4v) is 4.51. The van der Waals surface area contributed by atoms with Gasteiger partial charge in [-0.2, -0.15) is 0 Å². The smallest absolute Gasteiger partial charge is 0.251 e. The Morgan fingerprint density at radius 3 is 2.47 bits per heavy atom. The number of aryl methyl sites for hydroxylation is 1. The van der Waals surface area contributed by atoms with E-state index in [-0.39, 0.29) is 11.9 Å². The molecule has 1 fully saturated rings. The minimum absolute atomic E-state index is 0.138. The van der Waals surface area contributed by atoms with E-state index in [4.69, 9.17) is 0 Å². The quantitative estimate of drug-likeness (QED) is 0.725. The van der Waals surface area contributed by atoms with E-state index in [0.29, 0.717) is 16.8 Å². The maximum atomic E-state index is 12.7. The van der Waals surface area contributed by atoms with Gasteiger partial charge in [0.05, 0.1) is 18.0 Å². The first-order chi connectivity index (χ1) is 14.1. The van der Waals surface area contributed by atoms with Gasteiger partial charge in [0.25, 0.3) is 5.91 Å². The second-order valence-corrected chi connectivity index (χ2v) is 10.1. The molecule has 0 aliphatic carbocycles. The average Bonchev–Trinajstić information content (AvgIpc) is 2.68. The van der Waals surface area contributed by atoms with Crippen LogP contribution < -0.4 is 14.9 Å². The summed E-state index contributed by atoms with van der Waals surface area (Å²) in [6, 6.07) is 13.2. The Balaban J connectivity index is 1.64. The largest absolute Gasteiger partial charge is 0.371 e. The zero-order chi connectivity index (χ0) is 21.9. The van der Waals surface area contributed by atoms with Crippen molar-refractivity contribution in [1.82, 2.24) is 5.32 Å². The van der Waals surface area contributed by atoms with Gasteiger partial charge in [0.1, 0.15) is 0 Å². The van der Waals surface area contributed by atoms with Crippen molar-refractivity contribution in [3.63, 3.8) is 0 Å². The van der Waals surface area contributed by atoms with Crippen LogP contribution in [0.25, 0.3) is 0 Å². The van der Waals surface area contributed by atoms with Crippen LogP contribution in [-0.4, -0.2) is 33.7 Å². The second kappa shape index (κ2) is 9.08. The standard InChI is InChI=1S/C23H31N3O3S/c1-16-6-5-13-26(15-16)21-10-7-19(8-11-21)18(3)24-23(27)20-9-12-22(17(2)14-20)25-30(4,28)29/h7-12,14,16,18,25H,5-6,13,15H2,1-4H3,(H,24,27)/t16-,18+/m0/s1. The van der Waals surface area contributed by atoms with E-state index < -0.39 is 10.0 Å². The molecule has 0 unspecified atom stereocenters. The van der Waals surface area contributed by atoms with Gasteiger partial charge in [-0.05, 0) is 74.1 Å². The highest BCUT2D eigenvalue weighted by molar-refractivity contribution is 7.92. The first-order valence-corrected chi connectivity index (χ1v) is 12.3. The number of amides is 1. The molecule has 0 aromatic heterocycles. The molecule has 30 heavy (non-hydrogen) atoms. The van der Waals surface area contributed by atoms with Crippen molar-refractivity contribution in [3.8, 4) is 0 Å². The number of carbonyl (C=O) groups is 1. The third-order valence-corrected chi connectivity index (χ3v) is 6.14. The van der Waals surface area contributed by atoms with E-state index >= 15 is 0 Å². The van der Waals surface area contributed by atoms with Crippen LogP contribution in [0.2, 0.25) is 0 Å². The Kier molecular flexibility index (Phi) is 6.71. The van der Waals surface area contributed by atoms with Gasteiger partial charge in [-0.15, -0.1) is 0 Å². The number of rotatable bonds is 6. The highest BCUT2D eigenvalue weighted by atomic mass is 32.2. The molecule has 2 N–H and O–H groups in total. The van der Waals surface area contributed by atoms with Gasteiger partial charge in [0, 0.05) is 24.3 Å². The van der Waals surface area contributed by atoms with Gasteiger partial charge in [0.2, 0.25) is 10.0 Å². The maximum absolute atomic E-state index is 12.7. The minimum Gasteiger partial charge on any atom is -0.371 e. The molecule has 0 spiro atoms. The van der Waals surface area contributed by atoms with E-state index in [0.717, 1.165) is 30.8 Å². The van der Waals surface area contributed by atoms with Gasteiger partial charge in [-0.1, -0.05) is 19.1 Å². The lowest BCUT2D eigenvalue weighted by Gasteiger charge is -2.33. The number of anilines is 2. The molecule has 0 saturated carbocycles. The highest BCUT2D eigenvalue weighted by Gasteiger charge is 2.17. The predicted octanol–water partition coefficient (Wildman–Crippen LogP) is 4.09. The van der Waals surface area contributed by atoms with Crippen molar-refractivity contribution < 1.29 is 13.2 Å². The fourth-order valence-electron chi connectivity index (χ4n) is 3.88. The summed E-state index contributed by atoms with van der Waals surface area (Å²) in [7, 11) is -3.36. The lowest BCUT2D eigenvalue weighted by molar-refractivity contribution is 0.0940. The lowest BCUT2D eigenvalue weighted by Crippen LogP contribution is -2.34. The Hall–Kier alpha value is -2.54. The van der Waals surface area contributed by atoms with E-state index in [1.54, 1.807) is 25.1 Å². The summed E-state index contributed by atoms with van der Waals surface area (Å²) in [5.41, 5.74) is 3.94. The zero-order valence-electron chi connectivity index (χ0n) is 18.1. The van der Waals surface area contributed by atoms with Crippen molar-refractivity contribution >= 4 is 27.3 Å². The number of nitrogens with zero attached hydrogens (tertiary/aromatic N) is 1. The number of hydrogen-bond acceptors (Lipinski definition) is 4. The Bertz CT molecular complexity index is 1000. The Morgan fingerprint density at radius 2 is 1.87 bits per heavy atom. The maximum Gasteiger partial charge on any atom is 0.251 e. The van der Waals surface area contributed by atoms with Crippen LogP contribution in [0, 0.1) is 12.8 Å². The van der Waals surface area contributed by atoms with Crippen LogP contribution in [0.1, 0.15) is 54.2 Å². The van der Waals surface area contributed by atoms with Crippen LogP contribution in [0.4, 0.5) is 11.4 Å². The number of carbonyl (C=O) groups excluding carboxylic acids is 1. The molecule has 1 aliphatic heterocycles. The van der Waals surface area contributed by atoms with Crippen molar-refractivity contribution in [2.45, 2.75) is 39.7 Å². The number of benzene rings is 2. The molecular formula is C23H31N3O3S. The normalized spacial score (nSPS) is 18.0. The molecule has 7 heteroatoms. The SMILES string of the molecule is Cc1cc(C(=O)N[C@H](C)c2ccc(N3CCC[C@H](C)C3)cc2)ccc1NS(C)(=O)=O. The molecule has 3 rings (SSSR count). The minimum atomic E-state index is -3.36. The van der Waals surface area contributed by atoms with Gasteiger partial charge in [-0.3, -0.25) is 9.52 Å². The van der Waals surface area contributed by atoms with Gasteiger partial charge in [-0.25, -0.2) is 8.42 Å². The fraction of sp³-hybridized carbons (Fsp3) is 0.435. The molecule has 2 atom stereocenters. The van der Waals surface area contributed by atoms with E-state index in [1.807, 2.05) is 6.92 Å². The monoisotopic (exact) mass is 429 g/mol. The van der Waals surface area contributed by atoms with E-state index in [1.165, 1.54) is 18.5 Å². The second-order valence-electron chi connectivity index (χ2n) is 8.38. The number of sulfonamides is 1. The number of nitrogens with one attached hydrogen (secondary N) is 2. The molecule has 1 amide bonds. The molecule has 162 valence electrons. The number of piperidine rings is 1. The van der Waals surface area contributed by atoms with Crippen molar-refractivity contribution in [1.29, 1.82) is 0 Å². The molecule has 1 saturated heterocycles. The molecule has 1 aliphatic rings. The van der Waals surface area contributed by atoms with Gasteiger partial charge >= 0.3 is 0 Å². The molecule has 0 radical (unpaired) electrons. The lowest BCUT2D eigenvalue weighted by atomic mass is 9.99. The van der Waals surface area contributed by atoms with Crippen molar-refractivity contribution in [2.24, 2.45) is 5.92 Å². The predicted molar refractivity (Wildman–Crippen MR) is 123 cm³/mol. The van der Waals surface area contributed by atoms with E-state index in [9.17, 15) is 13.2 Å². The van der Waals surface area contributed by atoms with Crippen LogP contribution in [0.3, 0.4) is 0 Å². The first-order valence-electron chi connectivity index (χ1n) is 10.4. The average molecular weight is 430 g/mol. The summed E-state index contributed by atoms with van der Waals surface area (Å²) in [6.45, 7) is 8.22. The van der Waals surface area contributed by atoms with Crippen molar-refractivity contribution in [2.75, 3.05) is 29.0 Å². The summed E-state index contributed by atoms with van der Waals surface area (Å²) in [5.74, 6) is 0.532. The molecule has 2 aromatic carbocycles. The molecule has 6 nitrogen and oxygen atoms in total.